The van der Waals surface area contributed by atoms with Crippen molar-refractivity contribution in [1.82, 2.24) is 8.87 Å². The van der Waals surface area contributed by atoms with Crippen molar-refractivity contribution in [2.24, 2.45) is 4.99 Å². The number of carbonyl (C=O) groups is 1. The maximum Gasteiger partial charge on any atom is 0.266 e. The maximum atomic E-state index is 12.8. The van der Waals surface area contributed by atoms with Gasteiger partial charge in [-0.25, -0.2) is 8.42 Å². The smallest absolute Gasteiger partial charge is 0.266 e. The van der Waals surface area contributed by atoms with Crippen LogP contribution in [0.4, 0.5) is 0 Å². The van der Waals surface area contributed by atoms with Crippen LogP contribution >= 0.6 is 34.5 Å². The van der Waals surface area contributed by atoms with Crippen LogP contribution in [0.2, 0.25) is 10.0 Å². The number of amides is 1. The second-order valence-corrected chi connectivity index (χ2v) is 9.94. The fourth-order valence-corrected chi connectivity index (χ4v) is 5.92. The van der Waals surface area contributed by atoms with Crippen molar-refractivity contribution >= 4 is 60.7 Å². The summed E-state index contributed by atoms with van der Waals surface area (Å²) in [7, 11) is -3.50. The number of nitrogens with zero attached hydrogens (tertiary/aromatic N) is 3. The van der Waals surface area contributed by atoms with E-state index in [1.54, 1.807) is 16.7 Å². The predicted octanol–water partition coefficient (Wildman–Crippen LogP) is 2.88. The summed E-state index contributed by atoms with van der Waals surface area (Å²) in [6.45, 7) is 0.478. The highest BCUT2D eigenvalue weighted by Gasteiger charge is 2.34. The van der Waals surface area contributed by atoms with Crippen molar-refractivity contribution in [1.29, 1.82) is 0 Å². The van der Waals surface area contributed by atoms with Crippen LogP contribution < -0.4 is 4.80 Å². The lowest BCUT2D eigenvalue weighted by Crippen LogP contribution is -2.47. The molecule has 3 rings (SSSR count). The van der Waals surface area contributed by atoms with Crippen LogP contribution in [0.25, 0.3) is 10.2 Å². The van der Waals surface area contributed by atoms with Gasteiger partial charge in [-0.1, -0.05) is 46.9 Å². The van der Waals surface area contributed by atoms with E-state index in [1.807, 2.05) is 0 Å². The highest BCUT2D eigenvalue weighted by Crippen LogP contribution is 2.32. The van der Waals surface area contributed by atoms with Gasteiger partial charge in [-0.15, -0.1) is 6.42 Å². The van der Waals surface area contributed by atoms with Gasteiger partial charge in [-0.2, -0.15) is 9.30 Å². The van der Waals surface area contributed by atoms with Gasteiger partial charge in [-0.05, 0) is 25.0 Å². The second-order valence-electron chi connectivity index (χ2n) is 6.22. The summed E-state index contributed by atoms with van der Waals surface area (Å²) in [6, 6.07) is 2.52. The van der Waals surface area contributed by atoms with E-state index in [1.165, 1.54) is 15.6 Å². The lowest BCUT2D eigenvalue weighted by atomic mass is 10.0. The summed E-state index contributed by atoms with van der Waals surface area (Å²) in [5, 5.41) is 0.930. The van der Waals surface area contributed by atoms with Crippen molar-refractivity contribution in [2.45, 2.75) is 31.8 Å². The Balaban J connectivity index is 2.14. The summed E-state index contributed by atoms with van der Waals surface area (Å²) < 4.78 is 27.6. The monoisotopic (exact) mass is 445 g/mol. The van der Waals surface area contributed by atoms with E-state index in [0.717, 1.165) is 19.1 Å². The third-order valence-electron chi connectivity index (χ3n) is 4.35. The van der Waals surface area contributed by atoms with Crippen LogP contribution in [0.1, 0.15) is 19.3 Å². The molecule has 27 heavy (non-hydrogen) atoms. The van der Waals surface area contributed by atoms with Crippen molar-refractivity contribution in [2.75, 3.05) is 12.8 Å². The molecular formula is C17H17Cl2N3O3S2. The number of carbonyl (C=O) groups excluding carboxylic acids is 1. The third-order valence-corrected chi connectivity index (χ3v) is 7.48. The van der Waals surface area contributed by atoms with Gasteiger partial charge in [0.1, 0.15) is 6.04 Å². The summed E-state index contributed by atoms with van der Waals surface area (Å²) in [6.07, 6.45) is 8.51. The molecule has 1 aromatic carbocycles. The molecule has 2 aromatic rings. The Morgan fingerprint density at radius 3 is 2.74 bits per heavy atom. The molecule has 1 aliphatic rings. The molecule has 1 saturated heterocycles. The summed E-state index contributed by atoms with van der Waals surface area (Å²) in [5.74, 6) is 2.02. The number of thiazole rings is 1. The number of hydrogen-bond acceptors (Lipinski definition) is 4. The first-order valence-electron chi connectivity index (χ1n) is 8.20. The van der Waals surface area contributed by atoms with Gasteiger partial charge in [0.05, 0.1) is 33.1 Å². The number of piperidine rings is 1. The Hall–Kier alpha value is -1.37. The molecular weight excluding hydrogens is 429 g/mol. The first kappa shape index (κ1) is 20.4. The second kappa shape index (κ2) is 7.94. The number of sulfonamides is 1. The molecule has 10 heteroatoms. The lowest BCUT2D eigenvalue weighted by molar-refractivity contribution is -0.122. The van der Waals surface area contributed by atoms with E-state index >= 15 is 0 Å². The van der Waals surface area contributed by atoms with E-state index in [4.69, 9.17) is 29.6 Å². The number of fused-ring (bicyclic) bond motifs is 1. The molecule has 0 aliphatic carbocycles. The minimum absolute atomic E-state index is 0.159. The normalized spacial score (nSPS) is 19.3. The molecule has 1 fully saturated rings. The Bertz CT molecular complexity index is 1110. The SMILES string of the molecule is C#CCn1c(=NC(=O)C2CCCCN2S(C)(=O)=O)sc2c(Cl)ccc(Cl)c21. The third kappa shape index (κ3) is 4.08. The largest absolute Gasteiger partial charge is 0.303 e. The van der Waals surface area contributed by atoms with E-state index in [2.05, 4.69) is 10.9 Å². The topological polar surface area (TPSA) is 71.7 Å². The van der Waals surface area contributed by atoms with Crippen LogP contribution in [0.5, 0.6) is 0 Å². The molecule has 144 valence electrons. The zero-order valence-corrected chi connectivity index (χ0v) is 17.6. The van der Waals surface area contributed by atoms with Gasteiger partial charge in [0, 0.05) is 6.54 Å². The molecule has 1 amide bonds. The van der Waals surface area contributed by atoms with Gasteiger partial charge in [-0.3, -0.25) is 4.79 Å². The van der Waals surface area contributed by atoms with Gasteiger partial charge < -0.3 is 4.57 Å². The van der Waals surface area contributed by atoms with Crippen molar-refractivity contribution in [3.63, 3.8) is 0 Å². The van der Waals surface area contributed by atoms with Crippen molar-refractivity contribution < 1.29 is 13.2 Å². The highest BCUT2D eigenvalue weighted by molar-refractivity contribution is 7.88. The first-order valence-corrected chi connectivity index (χ1v) is 11.6. The molecule has 1 aliphatic heterocycles. The van der Waals surface area contributed by atoms with Crippen LogP contribution in [0, 0.1) is 12.3 Å². The molecule has 1 unspecified atom stereocenters. The molecule has 0 spiro atoms. The molecule has 6 nitrogen and oxygen atoms in total. The summed E-state index contributed by atoms with van der Waals surface area (Å²) in [4.78, 5) is 17.4. The Labute approximate surface area is 171 Å². The molecule has 0 N–H and O–H groups in total. The Morgan fingerprint density at radius 1 is 1.37 bits per heavy atom. The van der Waals surface area contributed by atoms with Crippen molar-refractivity contribution in [3.05, 3.63) is 27.0 Å². The van der Waals surface area contributed by atoms with Gasteiger partial charge in [0.15, 0.2) is 4.80 Å². The zero-order valence-electron chi connectivity index (χ0n) is 14.5. The number of benzene rings is 1. The number of halogens is 2. The molecule has 1 aromatic heterocycles. The maximum absolute atomic E-state index is 12.8. The molecule has 0 radical (unpaired) electrons. The standard InChI is InChI=1S/C17H17Cl2N3O3S2/c1-3-9-21-14-11(18)7-8-12(19)15(14)26-17(21)20-16(23)13-6-4-5-10-22(13)27(2,24)25/h1,7-8,13H,4-6,9-10H2,2H3. The molecule has 1 atom stereocenters. The van der Waals surface area contributed by atoms with Crippen LogP contribution in [-0.4, -0.2) is 42.0 Å². The Morgan fingerprint density at radius 2 is 2.07 bits per heavy atom. The number of hydrogen-bond donors (Lipinski definition) is 0. The number of rotatable bonds is 3. The molecule has 2 heterocycles. The van der Waals surface area contributed by atoms with Crippen LogP contribution in [0.15, 0.2) is 17.1 Å². The van der Waals surface area contributed by atoms with Crippen LogP contribution in [0.3, 0.4) is 0 Å². The fraction of sp³-hybridized carbons (Fsp3) is 0.412. The fourth-order valence-electron chi connectivity index (χ4n) is 3.15. The van der Waals surface area contributed by atoms with E-state index < -0.39 is 22.0 Å². The zero-order chi connectivity index (χ0) is 19.8. The highest BCUT2D eigenvalue weighted by atomic mass is 35.5. The average Bonchev–Trinajstić information content (AvgIpc) is 2.97. The minimum Gasteiger partial charge on any atom is -0.303 e. The minimum atomic E-state index is -3.50. The molecule has 0 saturated carbocycles. The number of terminal acetylenes is 1. The summed E-state index contributed by atoms with van der Waals surface area (Å²) in [5.41, 5.74) is 0.613. The average molecular weight is 446 g/mol. The van der Waals surface area contributed by atoms with E-state index in [0.29, 0.717) is 38.0 Å². The summed E-state index contributed by atoms with van der Waals surface area (Å²) >= 11 is 13.8. The van der Waals surface area contributed by atoms with Crippen molar-refractivity contribution in [3.8, 4) is 12.3 Å². The van der Waals surface area contributed by atoms with Gasteiger partial charge in [0.25, 0.3) is 5.91 Å². The molecule has 0 bridgehead atoms. The predicted molar refractivity (Wildman–Crippen MR) is 108 cm³/mol. The van der Waals surface area contributed by atoms with E-state index in [-0.39, 0.29) is 6.54 Å². The first-order chi connectivity index (χ1) is 12.7. The van der Waals surface area contributed by atoms with E-state index in [9.17, 15) is 13.2 Å². The van der Waals surface area contributed by atoms with Gasteiger partial charge >= 0.3 is 0 Å². The van der Waals surface area contributed by atoms with Gasteiger partial charge in [0.2, 0.25) is 10.0 Å². The number of aromatic nitrogens is 1. The Kier molecular flexibility index (Phi) is 5.99. The quantitative estimate of drug-likeness (QED) is 0.681. The lowest BCUT2D eigenvalue weighted by Gasteiger charge is -2.31. The van der Waals surface area contributed by atoms with Crippen LogP contribution in [-0.2, 0) is 21.4 Å².